The number of methoxy groups -OCH3 is 2. The van der Waals surface area contributed by atoms with E-state index in [4.69, 9.17) is 21.1 Å². The van der Waals surface area contributed by atoms with Crippen molar-refractivity contribution in [3.63, 3.8) is 0 Å². The zero-order valence-electron chi connectivity index (χ0n) is 15.7. The fourth-order valence-electron chi connectivity index (χ4n) is 2.99. The van der Waals surface area contributed by atoms with Gasteiger partial charge in [-0.15, -0.1) is 0 Å². The third-order valence-corrected chi connectivity index (χ3v) is 4.74. The van der Waals surface area contributed by atoms with Crippen molar-refractivity contribution < 1.29 is 14.3 Å². The molecule has 0 aliphatic heterocycles. The van der Waals surface area contributed by atoms with Crippen molar-refractivity contribution in [2.24, 2.45) is 0 Å². The summed E-state index contributed by atoms with van der Waals surface area (Å²) in [5, 5.41) is 3.58. The average Bonchev–Trinajstić information content (AvgIpc) is 2.70. The number of rotatable bonds is 6. The lowest BCUT2D eigenvalue weighted by atomic mass is 10.1. The highest BCUT2D eigenvalue weighted by molar-refractivity contribution is 6.32. The standard InChI is InChI=1S/C20H20ClN3O4/c1-4-16(24-11-22-14-8-6-5-7-12(14)20(24)26)19(25)23-15-9-13(21)17(27-2)10-18(15)28-3/h5-11,16H,4H2,1-3H3,(H,23,25)/t16-/m1/s1. The first-order valence-corrected chi connectivity index (χ1v) is 9.06. The molecular weight excluding hydrogens is 382 g/mol. The van der Waals surface area contributed by atoms with E-state index in [9.17, 15) is 9.59 Å². The van der Waals surface area contributed by atoms with Gasteiger partial charge in [0.1, 0.15) is 17.5 Å². The Morgan fingerprint density at radius 2 is 1.93 bits per heavy atom. The molecule has 0 saturated heterocycles. The Labute approximate surface area is 166 Å². The maximum absolute atomic E-state index is 12.9. The number of ether oxygens (including phenoxy) is 2. The predicted octanol–water partition coefficient (Wildman–Crippen LogP) is 3.66. The van der Waals surface area contributed by atoms with E-state index < -0.39 is 6.04 Å². The number of amides is 1. The number of fused-ring (bicyclic) bond motifs is 1. The van der Waals surface area contributed by atoms with Crippen molar-refractivity contribution in [2.45, 2.75) is 19.4 Å². The van der Waals surface area contributed by atoms with Gasteiger partial charge in [-0.1, -0.05) is 30.7 Å². The van der Waals surface area contributed by atoms with Gasteiger partial charge in [0, 0.05) is 6.07 Å². The van der Waals surface area contributed by atoms with Crippen LogP contribution in [0.15, 0.2) is 47.5 Å². The maximum atomic E-state index is 12.9. The monoisotopic (exact) mass is 401 g/mol. The van der Waals surface area contributed by atoms with Crippen LogP contribution in [0.25, 0.3) is 10.9 Å². The summed E-state index contributed by atoms with van der Waals surface area (Å²) in [5.41, 5.74) is 0.702. The molecule has 1 aromatic heterocycles. The molecule has 0 bridgehead atoms. The molecule has 0 aliphatic rings. The fourth-order valence-corrected chi connectivity index (χ4v) is 3.23. The third kappa shape index (κ3) is 3.66. The minimum Gasteiger partial charge on any atom is -0.495 e. The largest absolute Gasteiger partial charge is 0.495 e. The molecule has 3 aromatic rings. The van der Waals surface area contributed by atoms with E-state index in [0.717, 1.165) is 0 Å². The number of anilines is 1. The molecular formula is C20H20ClN3O4. The summed E-state index contributed by atoms with van der Waals surface area (Å²) in [6, 6.07) is 9.41. The molecule has 1 atom stereocenters. The van der Waals surface area contributed by atoms with E-state index >= 15 is 0 Å². The summed E-state index contributed by atoms with van der Waals surface area (Å²) in [5.74, 6) is 0.452. The van der Waals surface area contributed by atoms with E-state index in [1.165, 1.54) is 25.1 Å². The summed E-state index contributed by atoms with van der Waals surface area (Å²) in [6.07, 6.45) is 1.80. The van der Waals surface area contributed by atoms with Crippen molar-refractivity contribution in [3.05, 3.63) is 58.1 Å². The Hall–Kier alpha value is -3.06. The van der Waals surface area contributed by atoms with Crippen LogP contribution in [-0.4, -0.2) is 29.7 Å². The van der Waals surface area contributed by atoms with E-state index in [1.54, 1.807) is 30.3 Å². The van der Waals surface area contributed by atoms with Gasteiger partial charge >= 0.3 is 0 Å². The van der Waals surface area contributed by atoms with Crippen LogP contribution in [0.5, 0.6) is 11.5 Å². The van der Waals surface area contributed by atoms with Crippen molar-refractivity contribution >= 4 is 34.1 Å². The van der Waals surface area contributed by atoms with Crippen molar-refractivity contribution in [3.8, 4) is 11.5 Å². The first kappa shape index (κ1) is 19.7. The van der Waals surface area contributed by atoms with Crippen LogP contribution in [-0.2, 0) is 4.79 Å². The lowest BCUT2D eigenvalue weighted by Gasteiger charge is -2.19. The zero-order valence-corrected chi connectivity index (χ0v) is 16.5. The Bertz CT molecular complexity index is 1080. The highest BCUT2D eigenvalue weighted by Crippen LogP contribution is 2.36. The molecule has 0 spiro atoms. The number of carbonyl (C=O) groups is 1. The van der Waals surface area contributed by atoms with Gasteiger partial charge in [0.15, 0.2) is 0 Å². The summed E-state index contributed by atoms with van der Waals surface area (Å²) >= 11 is 6.17. The van der Waals surface area contributed by atoms with Crippen molar-refractivity contribution in [2.75, 3.05) is 19.5 Å². The number of hydrogen-bond donors (Lipinski definition) is 1. The summed E-state index contributed by atoms with van der Waals surface area (Å²) in [6.45, 7) is 1.82. The first-order chi connectivity index (χ1) is 13.5. The molecule has 0 aliphatic carbocycles. The summed E-state index contributed by atoms with van der Waals surface area (Å²) < 4.78 is 11.8. The predicted molar refractivity (Wildman–Crippen MR) is 109 cm³/mol. The van der Waals surface area contributed by atoms with E-state index in [1.807, 2.05) is 13.0 Å². The van der Waals surface area contributed by atoms with Crippen LogP contribution < -0.4 is 20.3 Å². The van der Waals surface area contributed by atoms with E-state index in [-0.39, 0.29) is 11.5 Å². The van der Waals surface area contributed by atoms with Crippen LogP contribution in [0.3, 0.4) is 0 Å². The Kier molecular flexibility index (Phi) is 5.84. The number of benzene rings is 2. The van der Waals surface area contributed by atoms with Crippen LogP contribution in [0, 0.1) is 0 Å². The molecule has 2 aromatic carbocycles. The van der Waals surface area contributed by atoms with Crippen LogP contribution in [0.1, 0.15) is 19.4 Å². The molecule has 1 amide bonds. The summed E-state index contributed by atoms with van der Waals surface area (Å²) in [4.78, 5) is 30.1. The number of aromatic nitrogens is 2. The molecule has 0 radical (unpaired) electrons. The van der Waals surface area contributed by atoms with Crippen molar-refractivity contribution in [1.29, 1.82) is 0 Å². The van der Waals surface area contributed by atoms with Gasteiger partial charge in [0.2, 0.25) is 5.91 Å². The Morgan fingerprint density at radius 3 is 2.61 bits per heavy atom. The zero-order chi connectivity index (χ0) is 20.3. The number of nitrogens with zero attached hydrogens (tertiary/aromatic N) is 2. The van der Waals surface area contributed by atoms with Gasteiger partial charge in [-0.25, -0.2) is 4.98 Å². The Morgan fingerprint density at radius 1 is 1.21 bits per heavy atom. The minimum atomic E-state index is -0.741. The number of para-hydroxylation sites is 1. The molecule has 8 heteroatoms. The van der Waals surface area contributed by atoms with E-state index in [0.29, 0.717) is 39.5 Å². The van der Waals surface area contributed by atoms with E-state index in [2.05, 4.69) is 10.3 Å². The normalized spacial score (nSPS) is 11.9. The molecule has 3 rings (SSSR count). The average molecular weight is 402 g/mol. The lowest BCUT2D eigenvalue weighted by Crippen LogP contribution is -2.33. The van der Waals surface area contributed by atoms with Crippen LogP contribution in [0.2, 0.25) is 5.02 Å². The molecule has 1 heterocycles. The maximum Gasteiger partial charge on any atom is 0.261 e. The second kappa shape index (κ2) is 8.31. The SMILES string of the molecule is CC[C@H](C(=O)Nc1cc(Cl)c(OC)cc1OC)n1cnc2ccccc2c1=O. The quantitative estimate of drug-likeness (QED) is 0.681. The molecule has 1 N–H and O–H groups in total. The van der Waals surface area contributed by atoms with Gasteiger partial charge in [-0.05, 0) is 24.6 Å². The third-order valence-electron chi connectivity index (χ3n) is 4.45. The molecule has 7 nitrogen and oxygen atoms in total. The summed E-state index contributed by atoms with van der Waals surface area (Å²) in [7, 11) is 2.97. The van der Waals surface area contributed by atoms with Gasteiger partial charge in [-0.2, -0.15) is 0 Å². The van der Waals surface area contributed by atoms with Gasteiger partial charge < -0.3 is 14.8 Å². The number of halogens is 1. The topological polar surface area (TPSA) is 82.4 Å². The molecule has 146 valence electrons. The molecule has 0 fully saturated rings. The number of nitrogens with one attached hydrogen (secondary N) is 1. The Balaban J connectivity index is 1.96. The van der Waals surface area contributed by atoms with Gasteiger partial charge in [-0.3, -0.25) is 14.2 Å². The van der Waals surface area contributed by atoms with Gasteiger partial charge in [0.05, 0.1) is 42.2 Å². The van der Waals surface area contributed by atoms with Crippen molar-refractivity contribution in [1.82, 2.24) is 9.55 Å². The smallest absolute Gasteiger partial charge is 0.261 e. The minimum absolute atomic E-state index is 0.271. The second-order valence-electron chi connectivity index (χ2n) is 6.07. The lowest BCUT2D eigenvalue weighted by molar-refractivity contribution is -0.119. The fraction of sp³-hybridized carbons (Fsp3) is 0.250. The highest BCUT2D eigenvalue weighted by Gasteiger charge is 2.22. The number of carbonyl (C=O) groups excluding carboxylic acids is 1. The van der Waals surface area contributed by atoms with Crippen LogP contribution >= 0.6 is 11.6 Å². The molecule has 0 unspecified atom stereocenters. The van der Waals surface area contributed by atoms with Gasteiger partial charge in [0.25, 0.3) is 5.56 Å². The molecule has 0 saturated carbocycles. The second-order valence-corrected chi connectivity index (χ2v) is 6.48. The van der Waals surface area contributed by atoms with Crippen LogP contribution in [0.4, 0.5) is 5.69 Å². The molecule has 28 heavy (non-hydrogen) atoms. The number of hydrogen-bond acceptors (Lipinski definition) is 5. The first-order valence-electron chi connectivity index (χ1n) is 8.68. The highest BCUT2D eigenvalue weighted by atomic mass is 35.5.